The number of rotatable bonds is 5. The van der Waals surface area contributed by atoms with Gasteiger partial charge in [-0.3, -0.25) is 14.4 Å². The highest BCUT2D eigenvalue weighted by molar-refractivity contribution is 8.35. The molecule has 1 aliphatic heterocycles. The fourth-order valence-electron chi connectivity index (χ4n) is 3.63. The number of benzene rings is 1. The first-order valence-electron chi connectivity index (χ1n) is 10.6. The fraction of sp³-hybridized carbons (Fsp3) is 0.360. The fourth-order valence-corrected chi connectivity index (χ4v) is 4.13. The van der Waals surface area contributed by atoms with E-state index in [-0.39, 0.29) is 35.7 Å². The molecule has 2 amide bonds. The highest BCUT2D eigenvalue weighted by Gasteiger charge is 2.41. The monoisotopic (exact) mass is 498 g/mol. The lowest BCUT2D eigenvalue weighted by molar-refractivity contribution is -0.124. The van der Waals surface area contributed by atoms with Crippen molar-refractivity contribution in [3.8, 4) is 17.2 Å². The van der Waals surface area contributed by atoms with Crippen LogP contribution in [0, 0.1) is 42.2 Å². The van der Waals surface area contributed by atoms with Crippen LogP contribution in [0.15, 0.2) is 18.2 Å². The first-order valence-corrected chi connectivity index (χ1v) is 13.5. The predicted molar refractivity (Wildman–Crippen MR) is 133 cm³/mol. The van der Waals surface area contributed by atoms with Crippen molar-refractivity contribution in [3.63, 3.8) is 0 Å². The Kier molecular flexibility index (Phi) is 7.11. The first kappa shape index (κ1) is 26.0. The number of aromatic nitrogens is 1. The molecule has 0 saturated carbocycles. The van der Waals surface area contributed by atoms with Crippen molar-refractivity contribution in [3.05, 3.63) is 52.1 Å². The third-order valence-electron chi connectivity index (χ3n) is 5.57. The van der Waals surface area contributed by atoms with Crippen LogP contribution in [0.1, 0.15) is 37.7 Å². The Morgan fingerprint density at radius 3 is 2.40 bits per heavy atom. The van der Waals surface area contributed by atoms with Crippen molar-refractivity contribution in [1.82, 2.24) is 9.88 Å². The van der Waals surface area contributed by atoms with E-state index >= 15 is 0 Å². The number of hydrogen-bond donors (Lipinski definition) is 2. The summed E-state index contributed by atoms with van der Waals surface area (Å²) in [6.07, 6.45) is 6.07. The zero-order valence-electron chi connectivity index (χ0n) is 20.5. The molecule has 8 nitrogen and oxygen atoms in total. The molecule has 2 heterocycles. The molecule has 0 radical (unpaired) electrons. The summed E-state index contributed by atoms with van der Waals surface area (Å²) in [5.74, 6) is 0.209. The molecule has 184 valence electrons. The molecular formula is C25H27FN4O4S. The summed E-state index contributed by atoms with van der Waals surface area (Å²) < 4.78 is 20.4. The van der Waals surface area contributed by atoms with Gasteiger partial charge >= 0.3 is 0 Å². The number of Topliss-reactive ketones (excluding diaryl/α,β-unsaturated/α-hetero) is 1. The van der Waals surface area contributed by atoms with Gasteiger partial charge in [-0.15, -0.1) is 0 Å². The molecule has 1 aliphatic rings. The van der Waals surface area contributed by atoms with Gasteiger partial charge in [0.1, 0.15) is 23.1 Å². The topological polar surface area (TPSA) is 113 Å². The number of nitrogens with one attached hydrogen (secondary N) is 2. The SMILES string of the molecule is Cc1c(C(=O)C(=O)NC2(C#CS(C)(C)C)COC2)c(C)n(C)c1C(=O)Nc1ccc(F)c(C#N)c1. The summed E-state index contributed by atoms with van der Waals surface area (Å²) >= 11 is 0. The molecule has 3 rings (SSSR count). The van der Waals surface area contributed by atoms with Gasteiger partial charge in [-0.25, -0.2) is 4.39 Å². The Bertz CT molecular complexity index is 1330. The average molecular weight is 499 g/mol. The standard InChI is InChI=1S/C25H27FN4O4S/c1-15-20(22(31)24(33)29-25(13-34-14-25)9-10-35(4,5)6)16(2)30(3)21(15)23(32)28-18-7-8-19(26)17(11-18)12-27/h7-8,11H,13-14H2,1-6H3,(H,28,32)(H,29,33). The number of halogens is 1. The van der Waals surface area contributed by atoms with Crippen LogP contribution in [0.2, 0.25) is 0 Å². The second kappa shape index (κ2) is 9.57. The molecule has 1 aromatic heterocycles. The normalized spacial score (nSPS) is 14.6. The van der Waals surface area contributed by atoms with Crippen LogP contribution in [0.3, 0.4) is 0 Å². The first-order chi connectivity index (χ1) is 16.3. The minimum atomic E-state index is -1.14. The van der Waals surface area contributed by atoms with Gasteiger partial charge in [0.25, 0.3) is 17.6 Å². The smallest absolute Gasteiger partial charge is 0.293 e. The van der Waals surface area contributed by atoms with Crippen LogP contribution in [0.4, 0.5) is 10.1 Å². The predicted octanol–water partition coefficient (Wildman–Crippen LogP) is 2.63. The average Bonchev–Trinajstić information content (AvgIpc) is 2.98. The molecule has 2 N–H and O–H groups in total. The van der Waals surface area contributed by atoms with Gasteiger partial charge in [-0.1, -0.05) is 11.2 Å². The molecule has 1 fully saturated rings. The van der Waals surface area contributed by atoms with E-state index in [2.05, 4.69) is 21.8 Å². The molecule has 0 atom stereocenters. The lowest BCUT2D eigenvalue weighted by atomic mass is 9.97. The van der Waals surface area contributed by atoms with Crippen LogP contribution in [-0.4, -0.2) is 59.7 Å². The van der Waals surface area contributed by atoms with Crippen molar-refractivity contribution in [2.24, 2.45) is 7.05 Å². The highest BCUT2D eigenvalue weighted by atomic mass is 32.3. The molecule has 0 spiro atoms. The Morgan fingerprint density at radius 2 is 1.86 bits per heavy atom. The van der Waals surface area contributed by atoms with Crippen LogP contribution in [-0.2, 0) is 16.6 Å². The Balaban J connectivity index is 1.87. The Labute approximate surface area is 205 Å². The molecule has 35 heavy (non-hydrogen) atoms. The van der Waals surface area contributed by atoms with Gasteiger partial charge in [0.15, 0.2) is 0 Å². The number of anilines is 1. The van der Waals surface area contributed by atoms with Gasteiger partial charge < -0.3 is 19.9 Å². The Hall–Kier alpha value is -3.60. The van der Waals surface area contributed by atoms with E-state index in [1.54, 1.807) is 27.0 Å². The summed E-state index contributed by atoms with van der Waals surface area (Å²) in [6.45, 7) is 3.61. The summed E-state index contributed by atoms with van der Waals surface area (Å²) in [7, 11) is 0.468. The van der Waals surface area contributed by atoms with Gasteiger partial charge in [-0.05, 0) is 56.4 Å². The minimum absolute atomic E-state index is 0.122. The summed E-state index contributed by atoms with van der Waals surface area (Å²) in [5.41, 5.74) is 0.160. The third-order valence-corrected chi connectivity index (χ3v) is 6.28. The van der Waals surface area contributed by atoms with E-state index < -0.39 is 39.0 Å². The van der Waals surface area contributed by atoms with Gasteiger partial charge in [0.2, 0.25) is 0 Å². The zero-order valence-corrected chi connectivity index (χ0v) is 21.3. The van der Waals surface area contributed by atoms with E-state index in [1.165, 1.54) is 16.7 Å². The maximum atomic E-state index is 13.6. The number of nitriles is 1. The van der Waals surface area contributed by atoms with E-state index in [1.807, 2.05) is 18.8 Å². The van der Waals surface area contributed by atoms with Crippen molar-refractivity contribution >= 4 is 33.3 Å². The quantitative estimate of drug-likeness (QED) is 0.374. The third kappa shape index (κ3) is 5.40. The van der Waals surface area contributed by atoms with Crippen LogP contribution in [0.25, 0.3) is 0 Å². The van der Waals surface area contributed by atoms with E-state index in [0.717, 1.165) is 6.07 Å². The van der Waals surface area contributed by atoms with Crippen LogP contribution in [0.5, 0.6) is 0 Å². The number of amides is 2. The maximum Gasteiger partial charge on any atom is 0.293 e. The van der Waals surface area contributed by atoms with Crippen molar-refractivity contribution in [2.45, 2.75) is 19.4 Å². The summed E-state index contributed by atoms with van der Waals surface area (Å²) in [4.78, 5) is 39.1. The number of carbonyl (C=O) groups is 3. The largest absolute Gasteiger partial charge is 0.374 e. The molecule has 10 heteroatoms. The number of hydrogen-bond acceptors (Lipinski definition) is 5. The minimum Gasteiger partial charge on any atom is -0.374 e. The van der Waals surface area contributed by atoms with Crippen LogP contribution >= 0.6 is 10.0 Å². The number of ether oxygens (including phenoxy) is 1. The molecule has 1 saturated heterocycles. The van der Waals surface area contributed by atoms with E-state index in [0.29, 0.717) is 11.3 Å². The molecule has 0 aliphatic carbocycles. The molecule has 0 bridgehead atoms. The molecule has 1 aromatic carbocycles. The number of nitrogens with zero attached hydrogens (tertiary/aromatic N) is 2. The van der Waals surface area contributed by atoms with Crippen LogP contribution < -0.4 is 10.6 Å². The van der Waals surface area contributed by atoms with Gasteiger partial charge in [0, 0.05) is 18.4 Å². The summed E-state index contributed by atoms with van der Waals surface area (Å²) in [5, 5.41) is 17.5. The highest BCUT2D eigenvalue weighted by Crippen LogP contribution is 2.33. The Morgan fingerprint density at radius 1 is 1.20 bits per heavy atom. The van der Waals surface area contributed by atoms with Crippen molar-refractivity contribution in [2.75, 3.05) is 37.3 Å². The number of carbonyl (C=O) groups excluding carboxylic acids is 3. The molecular weight excluding hydrogens is 471 g/mol. The number of ketones is 1. The second-order valence-electron chi connectivity index (χ2n) is 9.18. The second-order valence-corrected chi connectivity index (χ2v) is 13.1. The van der Waals surface area contributed by atoms with E-state index in [9.17, 15) is 18.8 Å². The van der Waals surface area contributed by atoms with Gasteiger partial charge in [-0.2, -0.15) is 15.3 Å². The maximum absolute atomic E-state index is 13.6. The van der Waals surface area contributed by atoms with Crippen molar-refractivity contribution in [1.29, 1.82) is 5.26 Å². The zero-order chi connectivity index (χ0) is 26.1. The van der Waals surface area contributed by atoms with Gasteiger partial charge in [0.05, 0.1) is 24.3 Å². The lowest BCUT2D eigenvalue weighted by Crippen LogP contribution is -2.62. The molecule has 0 unspecified atom stereocenters. The van der Waals surface area contributed by atoms with Crippen molar-refractivity contribution < 1.29 is 23.5 Å². The lowest BCUT2D eigenvalue weighted by Gasteiger charge is -2.37. The van der Waals surface area contributed by atoms with E-state index in [4.69, 9.17) is 10.00 Å². The summed E-state index contributed by atoms with van der Waals surface area (Å²) in [6, 6.07) is 5.36. The molecule has 2 aromatic rings.